The van der Waals surface area contributed by atoms with E-state index in [0.29, 0.717) is 11.2 Å². The van der Waals surface area contributed by atoms with Gasteiger partial charge >= 0.3 is 0 Å². The predicted octanol–water partition coefficient (Wildman–Crippen LogP) is 4.11. The minimum absolute atomic E-state index is 0.154. The van der Waals surface area contributed by atoms with Gasteiger partial charge in [0.15, 0.2) is 11.5 Å². The third kappa shape index (κ3) is 3.21. The molecule has 4 rings (SSSR count). The van der Waals surface area contributed by atoms with Crippen LogP contribution in [0.1, 0.15) is 16.2 Å². The van der Waals surface area contributed by atoms with E-state index in [9.17, 15) is 4.79 Å². The van der Waals surface area contributed by atoms with Gasteiger partial charge in [0.05, 0.1) is 5.69 Å². The van der Waals surface area contributed by atoms with Gasteiger partial charge in [-0.2, -0.15) is 9.61 Å². The van der Waals surface area contributed by atoms with Crippen molar-refractivity contribution in [2.45, 2.75) is 6.92 Å². The van der Waals surface area contributed by atoms with E-state index in [-0.39, 0.29) is 5.91 Å². The van der Waals surface area contributed by atoms with E-state index in [0.717, 1.165) is 27.2 Å². The average Bonchev–Trinajstić information content (AvgIpc) is 3.03. The summed E-state index contributed by atoms with van der Waals surface area (Å²) in [5.41, 5.74) is 3.79. The monoisotopic (exact) mass is 407 g/mol. The molecule has 1 amide bonds. The molecule has 0 unspecified atom stereocenters. The molecule has 6 nitrogen and oxygen atoms in total. The van der Waals surface area contributed by atoms with E-state index in [2.05, 4.69) is 36.5 Å². The molecule has 1 N–H and O–H groups in total. The predicted molar refractivity (Wildman–Crippen MR) is 103 cm³/mol. The van der Waals surface area contributed by atoms with E-state index < -0.39 is 0 Å². The van der Waals surface area contributed by atoms with Gasteiger partial charge in [-0.1, -0.05) is 34.1 Å². The number of hydrogen-bond acceptors (Lipinski definition) is 4. The lowest BCUT2D eigenvalue weighted by atomic mass is 10.1. The van der Waals surface area contributed by atoms with Gasteiger partial charge in [-0.25, -0.2) is 0 Å². The van der Waals surface area contributed by atoms with Gasteiger partial charge in [-0.3, -0.25) is 4.79 Å². The summed E-state index contributed by atoms with van der Waals surface area (Å²) in [7, 11) is 0. The van der Waals surface area contributed by atoms with Gasteiger partial charge in [-0.05, 0) is 49.4 Å². The number of carbonyl (C=O) groups is 1. The zero-order valence-electron chi connectivity index (χ0n) is 13.8. The molecule has 0 saturated heterocycles. The number of anilines is 1. The number of nitrogens with one attached hydrogen (secondary N) is 1. The summed E-state index contributed by atoms with van der Waals surface area (Å²) in [6.45, 7) is 1.86. The Balaban J connectivity index is 1.56. The summed E-state index contributed by atoms with van der Waals surface area (Å²) in [5.74, 6) is 0.582. The highest BCUT2D eigenvalue weighted by atomic mass is 79.9. The quantitative estimate of drug-likeness (QED) is 0.554. The van der Waals surface area contributed by atoms with Crippen LogP contribution in [0.4, 0.5) is 5.69 Å². The summed E-state index contributed by atoms with van der Waals surface area (Å²) in [6, 6.07) is 18.6. The summed E-state index contributed by atoms with van der Waals surface area (Å²) in [5, 5.41) is 15.5. The van der Waals surface area contributed by atoms with Crippen molar-refractivity contribution in [1.29, 1.82) is 0 Å². The molecule has 26 heavy (non-hydrogen) atoms. The number of hydrogen-bond donors (Lipinski definition) is 1. The zero-order chi connectivity index (χ0) is 18.1. The lowest BCUT2D eigenvalue weighted by Gasteiger charge is -2.07. The van der Waals surface area contributed by atoms with Gasteiger partial charge in [0.1, 0.15) is 0 Å². The third-order valence-corrected chi connectivity index (χ3v) is 4.44. The minimum atomic E-state index is -0.154. The molecule has 0 spiro atoms. The van der Waals surface area contributed by atoms with Crippen LogP contribution in [0, 0.1) is 6.92 Å². The zero-order valence-corrected chi connectivity index (χ0v) is 15.4. The molecule has 0 bridgehead atoms. The molecule has 128 valence electrons. The lowest BCUT2D eigenvalue weighted by molar-refractivity contribution is 0.102. The number of carbonyl (C=O) groups excluding carboxylic acids is 1. The summed E-state index contributed by atoms with van der Waals surface area (Å²) in [4.78, 5) is 12.3. The minimum Gasteiger partial charge on any atom is -0.322 e. The largest absolute Gasteiger partial charge is 0.322 e. The Morgan fingerprint density at radius 1 is 1.04 bits per heavy atom. The van der Waals surface area contributed by atoms with Crippen LogP contribution < -0.4 is 5.32 Å². The fourth-order valence-corrected chi connectivity index (χ4v) is 3.01. The Hall–Kier alpha value is -3.06. The van der Waals surface area contributed by atoms with Crippen LogP contribution >= 0.6 is 15.9 Å². The molecule has 0 atom stereocenters. The number of aryl methyl sites for hydroxylation is 1. The molecule has 2 aromatic carbocycles. The molecule has 0 radical (unpaired) electrons. The van der Waals surface area contributed by atoms with E-state index in [1.165, 1.54) is 0 Å². The Morgan fingerprint density at radius 2 is 1.85 bits per heavy atom. The number of nitrogens with zero attached hydrogens (tertiary/aromatic N) is 4. The van der Waals surface area contributed by atoms with Gasteiger partial charge in [-0.15, -0.1) is 10.2 Å². The van der Waals surface area contributed by atoms with Gasteiger partial charge in [0.25, 0.3) is 5.91 Å². The van der Waals surface area contributed by atoms with Crippen molar-refractivity contribution in [2.75, 3.05) is 5.32 Å². The molecule has 2 aromatic heterocycles. The Labute approximate surface area is 158 Å². The van der Waals surface area contributed by atoms with Crippen molar-refractivity contribution in [1.82, 2.24) is 19.8 Å². The number of benzene rings is 2. The van der Waals surface area contributed by atoms with Crippen LogP contribution in [-0.2, 0) is 0 Å². The number of rotatable bonds is 3. The van der Waals surface area contributed by atoms with Crippen LogP contribution in [0.2, 0.25) is 0 Å². The molecule has 0 aliphatic carbocycles. The van der Waals surface area contributed by atoms with Crippen LogP contribution in [0.15, 0.2) is 65.1 Å². The Bertz CT molecular complexity index is 1100. The topological polar surface area (TPSA) is 72.2 Å². The SMILES string of the molecule is Cc1nnc2ccc(-c3ccc(NC(=O)c4cccc(Br)c4)cc3)nn12. The van der Waals surface area contributed by atoms with Crippen LogP contribution in [0.25, 0.3) is 16.9 Å². The van der Waals surface area contributed by atoms with Crippen LogP contribution in [-0.4, -0.2) is 25.7 Å². The van der Waals surface area contributed by atoms with Crippen molar-refractivity contribution < 1.29 is 4.79 Å². The van der Waals surface area contributed by atoms with Crippen molar-refractivity contribution in [2.24, 2.45) is 0 Å². The average molecular weight is 408 g/mol. The van der Waals surface area contributed by atoms with E-state index in [1.54, 1.807) is 16.6 Å². The highest BCUT2D eigenvalue weighted by molar-refractivity contribution is 9.10. The highest BCUT2D eigenvalue weighted by Gasteiger charge is 2.08. The molecular weight excluding hydrogens is 394 g/mol. The second-order valence-corrected chi connectivity index (χ2v) is 6.69. The first-order chi connectivity index (χ1) is 12.6. The van der Waals surface area contributed by atoms with E-state index >= 15 is 0 Å². The molecule has 2 heterocycles. The van der Waals surface area contributed by atoms with Gasteiger partial charge < -0.3 is 5.32 Å². The van der Waals surface area contributed by atoms with E-state index in [4.69, 9.17) is 0 Å². The maximum atomic E-state index is 12.3. The molecule has 0 fully saturated rings. The molecular formula is C19H14BrN5O. The fourth-order valence-electron chi connectivity index (χ4n) is 2.61. The fraction of sp³-hybridized carbons (Fsp3) is 0.0526. The first kappa shape index (κ1) is 16.4. The molecule has 0 aliphatic rings. The maximum Gasteiger partial charge on any atom is 0.255 e. The number of halogens is 1. The standard InChI is InChI=1S/C19H14BrN5O/c1-12-22-23-18-10-9-17(24-25(12)18)13-5-7-16(8-6-13)21-19(26)14-3-2-4-15(20)11-14/h2-11H,1H3,(H,21,26). The second-order valence-electron chi connectivity index (χ2n) is 5.78. The normalized spacial score (nSPS) is 10.8. The van der Waals surface area contributed by atoms with Crippen molar-refractivity contribution in [3.05, 3.63) is 76.5 Å². The highest BCUT2D eigenvalue weighted by Crippen LogP contribution is 2.21. The van der Waals surface area contributed by atoms with E-state index in [1.807, 2.05) is 55.5 Å². The smallest absolute Gasteiger partial charge is 0.255 e. The van der Waals surface area contributed by atoms with Crippen LogP contribution in [0.5, 0.6) is 0 Å². The number of fused-ring (bicyclic) bond motifs is 1. The molecule has 0 aliphatic heterocycles. The lowest BCUT2D eigenvalue weighted by Crippen LogP contribution is -2.11. The van der Waals surface area contributed by atoms with Gasteiger partial charge in [0.2, 0.25) is 0 Å². The summed E-state index contributed by atoms with van der Waals surface area (Å²) < 4.78 is 2.57. The van der Waals surface area contributed by atoms with Crippen LogP contribution in [0.3, 0.4) is 0 Å². The van der Waals surface area contributed by atoms with Crippen molar-refractivity contribution in [3.8, 4) is 11.3 Å². The van der Waals surface area contributed by atoms with Crippen molar-refractivity contribution >= 4 is 33.2 Å². The molecule has 0 saturated carbocycles. The van der Waals surface area contributed by atoms with Crippen molar-refractivity contribution in [3.63, 3.8) is 0 Å². The maximum absolute atomic E-state index is 12.3. The first-order valence-electron chi connectivity index (χ1n) is 7.96. The molecule has 4 aromatic rings. The summed E-state index contributed by atoms with van der Waals surface area (Å²) >= 11 is 3.37. The Morgan fingerprint density at radius 3 is 2.62 bits per heavy atom. The third-order valence-electron chi connectivity index (χ3n) is 3.94. The summed E-state index contributed by atoms with van der Waals surface area (Å²) in [6.07, 6.45) is 0. The number of amides is 1. The second kappa shape index (κ2) is 6.68. The Kier molecular flexibility index (Phi) is 4.22. The first-order valence-corrected chi connectivity index (χ1v) is 8.76. The van der Waals surface area contributed by atoms with Gasteiger partial charge in [0, 0.05) is 21.3 Å². The number of aromatic nitrogens is 4. The molecule has 7 heteroatoms.